The molecular weight excluding hydrogens is 285 g/mol. The molecule has 0 amide bonds. The van der Waals surface area contributed by atoms with Crippen molar-refractivity contribution in [1.29, 1.82) is 0 Å². The van der Waals surface area contributed by atoms with Gasteiger partial charge in [-0.2, -0.15) is 0 Å². The first-order valence-electron chi connectivity index (χ1n) is 5.88. The predicted octanol–water partition coefficient (Wildman–Crippen LogP) is 3.00. The number of carboxylic acid groups (broad SMARTS) is 1. The largest absolute Gasteiger partial charge is 0.478 e. The van der Waals surface area contributed by atoms with Crippen LogP contribution < -0.4 is 11.1 Å². The van der Waals surface area contributed by atoms with E-state index in [1.54, 1.807) is 0 Å². The van der Waals surface area contributed by atoms with Crippen molar-refractivity contribution in [3.63, 3.8) is 0 Å². The number of hydrogen-bond donors (Lipinski definition) is 3. The molecule has 0 unspecified atom stereocenters. The number of halogens is 3. The lowest BCUT2D eigenvalue weighted by Crippen LogP contribution is -2.08. The number of carboxylic acids is 1. The van der Waals surface area contributed by atoms with Crippen molar-refractivity contribution in [2.24, 2.45) is 0 Å². The first-order chi connectivity index (χ1) is 9.88. The van der Waals surface area contributed by atoms with E-state index in [1.807, 2.05) is 0 Å². The molecule has 0 spiro atoms. The van der Waals surface area contributed by atoms with Crippen LogP contribution in [0.4, 0.5) is 24.5 Å². The van der Waals surface area contributed by atoms with E-state index in [1.165, 1.54) is 0 Å². The Morgan fingerprint density at radius 2 is 1.86 bits per heavy atom. The summed E-state index contributed by atoms with van der Waals surface area (Å²) in [7, 11) is 0. The molecule has 4 N–H and O–H groups in total. The molecule has 0 aliphatic carbocycles. The van der Waals surface area contributed by atoms with E-state index in [0.717, 1.165) is 30.3 Å². The second-order valence-electron chi connectivity index (χ2n) is 4.31. The SMILES string of the molecule is Nc1cc(F)c(NCc2cc(F)ccc2F)cc1C(=O)O. The number of nitrogen functional groups attached to an aromatic ring is 1. The molecule has 2 rings (SSSR count). The summed E-state index contributed by atoms with van der Waals surface area (Å²) in [6, 6.07) is 4.74. The van der Waals surface area contributed by atoms with Gasteiger partial charge in [-0.1, -0.05) is 0 Å². The molecule has 0 aromatic heterocycles. The van der Waals surface area contributed by atoms with Gasteiger partial charge in [-0.25, -0.2) is 18.0 Å². The molecule has 7 heteroatoms. The van der Waals surface area contributed by atoms with Gasteiger partial charge in [0.05, 0.1) is 11.3 Å². The zero-order valence-corrected chi connectivity index (χ0v) is 10.7. The van der Waals surface area contributed by atoms with E-state index in [4.69, 9.17) is 10.8 Å². The highest BCUT2D eigenvalue weighted by atomic mass is 19.1. The van der Waals surface area contributed by atoms with Crippen LogP contribution in [0.2, 0.25) is 0 Å². The maximum atomic E-state index is 13.7. The Labute approximate surface area is 118 Å². The van der Waals surface area contributed by atoms with Crippen molar-refractivity contribution >= 4 is 17.3 Å². The zero-order valence-electron chi connectivity index (χ0n) is 10.7. The maximum Gasteiger partial charge on any atom is 0.337 e. The first kappa shape index (κ1) is 14.7. The summed E-state index contributed by atoms with van der Waals surface area (Å²) in [5.74, 6) is -3.38. The molecule has 0 aliphatic rings. The van der Waals surface area contributed by atoms with Crippen molar-refractivity contribution in [3.8, 4) is 0 Å². The molecule has 0 saturated heterocycles. The van der Waals surface area contributed by atoms with Crippen LogP contribution in [-0.4, -0.2) is 11.1 Å². The lowest BCUT2D eigenvalue weighted by molar-refractivity contribution is 0.0698. The van der Waals surface area contributed by atoms with E-state index in [0.29, 0.717) is 0 Å². The zero-order chi connectivity index (χ0) is 15.6. The van der Waals surface area contributed by atoms with Gasteiger partial charge in [-0.05, 0) is 30.3 Å². The number of nitrogens with two attached hydrogens (primary N) is 1. The average Bonchev–Trinajstić information content (AvgIpc) is 2.41. The summed E-state index contributed by atoms with van der Waals surface area (Å²) in [5, 5.41) is 11.4. The third-order valence-electron chi connectivity index (χ3n) is 2.85. The Bertz CT molecular complexity index is 705. The van der Waals surface area contributed by atoms with Crippen molar-refractivity contribution in [2.75, 3.05) is 11.1 Å². The summed E-state index contributed by atoms with van der Waals surface area (Å²) in [6.45, 7) is -0.205. The summed E-state index contributed by atoms with van der Waals surface area (Å²) < 4.78 is 40.1. The van der Waals surface area contributed by atoms with Gasteiger partial charge in [0.1, 0.15) is 17.5 Å². The van der Waals surface area contributed by atoms with Crippen LogP contribution in [0.1, 0.15) is 15.9 Å². The molecule has 0 saturated carbocycles. The van der Waals surface area contributed by atoms with Crippen molar-refractivity contribution in [1.82, 2.24) is 0 Å². The quantitative estimate of drug-likeness (QED) is 0.758. The fourth-order valence-electron chi connectivity index (χ4n) is 1.78. The van der Waals surface area contributed by atoms with Gasteiger partial charge in [0, 0.05) is 17.8 Å². The highest BCUT2D eigenvalue weighted by Crippen LogP contribution is 2.23. The van der Waals surface area contributed by atoms with Gasteiger partial charge in [-0.3, -0.25) is 0 Å². The topological polar surface area (TPSA) is 75.3 Å². The minimum atomic E-state index is -1.31. The average molecular weight is 296 g/mol. The number of rotatable bonds is 4. The molecule has 0 aliphatic heterocycles. The molecule has 2 aromatic carbocycles. The molecule has 21 heavy (non-hydrogen) atoms. The maximum absolute atomic E-state index is 13.7. The normalized spacial score (nSPS) is 10.4. The summed E-state index contributed by atoms with van der Waals surface area (Å²) in [6.07, 6.45) is 0. The van der Waals surface area contributed by atoms with Crippen LogP contribution in [0.3, 0.4) is 0 Å². The van der Waals surface area contributed by atoms with Crippen LogP contribution in [0.5, 0.6) is 0 Å². The molecule has 110 valence electrons. The molecule has 0 atom stereocenters. The molecule has 0 fully saturated rings. The van der Waals surface area contributed by atoms with Crippen molar-refractivity contribution in [2.45, 2.75) is 6.54 Å². The lowest BCUT2D eigenvalue weighted by Gasteiger charge is -2.11. The number of carbonyl (C=O) groups is 1. The molecule has 0 bridgehead atoms. The number of benzene rings is 2. The number of anilines is 2. The van der Waals surface area contributed by atoms with Crippen LogP contribution in [0.25, 0.3) is 0 Å². The van der Waals surface area contributed by atoms with Gasteiger partial charge in [0.25, 0.3) is 0 Å². The van der Waals surface area contributed by atoms with E-state index >= 15 is 0 Å². The van der Waals surface area contributed by atoms with Gasteiger partial charge in [0.2, 0.25) is 0 Å². The number of aromatic carboxylic acids is 1. The third-order valence-corrected chi connectivity index (χ3v) is 2.85. The predicted molar refractivity (Wildman–Crippen MR) is 71.5 cm³/mol. The van der Waals surface area contributed by atoms with Gasteiger partial charge in [0.15, 0.2) is 0 Å². The minimum Gasteiger partial charge on any atom is -0.478 e. The van der Waals surface area contributed by atoms with E-state index in [9.17, 15) is 18.0 Å². The van der Waals surface area contributed by atoms with Crippen LogP contribution >= 0.6 is 0 Å². The third kappa shape index (κ3) is 3.25. The number of nitrogens with one attached hydrogen (secondary N) is 1. The lowest BCUT2D eigenvalue weighted by atomic mass is 10.1. The molecular formula is C14H11F3N2O2. The summed E-state index contributed by atoms with van der Waals surface area (Å²) >= 11 is 0. The van der Waals surface area contributed by atoms with Crippen LogP contribution in [0.15, 0.2) is 30.3 Å². The fourth-order valence-corrected chi connectivity index (χ4v) is 1.78. The molecule has 0 radical (unpaired) electrons. The monoisotopic (exact) mass is 296 g/mol. The van der Waals surface area contributed by atoms with Crippen LogP contribution in [0, 0.1) is 17.5 Å². The Kier molecular flexibility index (Phi) is 4.02. The Morgan fingerprint density at radius 1 is 1.14 bits per heavy atom. The van der Waals surface area contributed by atoms with Gasteiger partial charge < -0.3 is 16.2 Å². The Hall–Kier alpha value is -2.70. The highest BCUT2D eigenvalue weighted by molar-refractivity contribution is 5.94. The van der Waals surface area contributed by atoms with Gasteiger partial charge in [-0.15, -0.1) is 0 Å². The fraction of sp³-hybridized carbons (Fsp3) is 0.0714. The Morgan fingerprint density at radius 3 is 2.52 bits per heavy atom. The summed E-state index contributed by atoms with van der Waals surface area (Å²) in [4.78, 5) is 10.9. The Balaban J connectivity index is 2.25. The second-order valence-corrected chi connectivity index (χ2v) is 4.31. The van der Waals surface area contributed by atoms with Gasteiger partial charge >= 0.3 is 5.97 Å². The van der Waals surface area contributed by atoms with E-state index in [2.05, 4.69) is 5.32 Å². The van der Waals surface area contributed by atoms with Crippen molar-refractivity contribution in [3.05, 3.63) is 58.9 Å². The molecule has 4 nitrogen and oxygen atoms in total. The smallest absolute Gasteiger partial charge is 0.337 e. The van der Waals surface area contributed by atoms with Crippen LogP contribution in [-0.2, 0) is 6.54 Å². The minimum absolute atomic E-state index is 0.0110. The van der Waals surface area contributed by atoms with E-state index < -0.39 is 23.4 Å². The second kappa shape index (κ2) is 5.74. The summed E-state index contributed by atoms with van der Waals surface area (Å²) in [5.41, 5.74) is 4.71. The van der Waals surface area contributed by atoms with E-state index in [-0.39, 0.29) is 29.0 Å². The standard InChI is InChI=1S/C14H11F3N2O2/c15-8-1-2-10(16)7(3-8)6-19-13-4-9(14(20)21)12(18)5-11(13)17/h1-5,19H,6,18H2,(H,20,21). The number of hydrogen-bond acceptors (Lipinski definition) is 3. The van der Waals surface area contributed by atoms with Crippen molar-refractivity contribution < 1.29 is 23.1 Å². The first-order valence-corrected chi connectivity index (χ1v) is 5.88. The highest BCUT2D eigenvalue weighted by Gasteiger charge is 2.13. The molecule has 0 heterocycles. The molecule has 2 aromatic rings.